The van der Waals surface area contributed by atoms with E-state index in [1.807, 2.05) is 19.2 Å². The lowest BCUT2D eigenvalue weighted by Gasteiger charge is -2.22. The van der Waals surface area contributed by atoms with Gasteiger partial charge in [0.05, 0.1) is 11.8 Å². The lowest BCUT2D eigenvalue weighted by molar-refractivity contribution is 0.0113. The van der Waals surface area contributed by atoms with Crippen LogP contribution in [0.4, 0.5) is 5.82 Å². The van der Waals surface area contributed by atoms with E-state index < -0.39 is 0 Å². The van der Waals surface area contributed by atoms with Crippen molar-refractivity contribution in [2.24, 2.45) is 7.05 Å². The van der Waals surface area contributed by atoms with Crippen molar-refractivity contribution in [1.82, 2.24) is 14.8 Å². The summed E-state index contributed by atoms with van der Waals surface area (Å²) in [6.45, 7) is 0.895. The van der Waals surface area contributed by atoms with Crippen LogP contribution in [0.2, 0.25) is 0 Å². The monoisotopic (exact) mass is 286 g/mol. The van der Waals surface area contributed by atoms with Crippen molar-refractivity contribution in [1.29, 1.82) is 0 Å². The van der Waals surface area contributed by atoms with Crippen LogP contribution in [0.25, 0.3) is 11.1 Å². The quantitative estimate of drug-likeness (QED) is 0.938. The molecule has 112 valence electrons. The number of rotatable bonds is 4. The highest BCUT2D eigenvalue weighted by atomic mass is 16.5. The predicted molar refractivity (Wildman–Crippen MR) is 82.8 cm³/mol. The average molecular weight is 286 g/mol. The van der Waals surface area contributed by atoms with Crippen LogP contribution in [0.15, 0.2) is 24.5 Å². The van der Waals surface area contributed by atoms with Crippen molar-refractivity contribution in [3.63, 3.8) is 0 Å². The highest BCUT2D eigenvalue weighted by Gasteiger charge is 2.19. The average Bonchev–Trinajstić information content (AvgIpc) is 2.82. The molecule has 2 aromatic rings. The number of anilines is 1. The van der Waals surface area contributed by atoms with Gasteiger partial charge >= 0.3 is 0 Å². The Labute approximate surface area is 125 Å². The summed E-state index contributed by atoms with van der Waals surface area (Å²) in [5.74, 6) is 0.709. The molecule has 5 nitrogen and oxygen atoms in total. The number of pyridine rings is 1. The maximum atomic E-state index is 6.19. The van der Waals surface area contributed by atoms with Crippen LogP contribution < -0.4 is 5.73 Å². The smallest absolute Gasteiger partial charge is 0.129 e. The zero-order chi connectivity index (χ0) is 14.7. The molecule has 1 aliphatic rings. The molecule has 0 aliphatic carbocycles. The Balaban J connectivity index is 1.80. The maximum Gasteiger partial charge on any atom is 0.129 e. The third-order valence-corrected chi connectivity index (χ3v) is 4.11. The number of nitrogen functional groups attached to an aromatic ring is 1. The summed E-state index contributed by atoms with van der Waals surface area (Å²) in [5.41, 5.74) is 9.36. The summed E-state index contributed by atoms with van der Waals surface area (Å²) in [4.78, 5) is 4.07. The fourth-order valence-corrected chi connectivity index (χ4v) is 2.94. The Hall–Kier alpha value is -1.88. The summed E-state index contributed by atoms with van der Waals surface area (Å²) in [6, 6.07) is 3.96. The SMILES string of the molecule is Cn1nc(CCC2CCCCO2)c(-c2ccncc2)c1N. The van der Waals surface area contributed by atoms with E-state index >= 15 is 0 Å². The van der Waals surface area contributed by atoms with Crippen LogP contribution >= 0.6 is 0 Å². The Morgan fingerprint density at radius 3 is 2.86 bits per heavy atom. The molecule has 3 rings (SSSR count). The Bertz CT molecular complexity index is 588. The first-order chi connectivity index (χ1) is 10.3. The Morgan fingerprint density at radius 2 is 2.14 bits per heavy atom. The van der Waals surface area contributed by atoms with Crippen LogP contribution in [-0.2, 0) is 18.2 Å². The van der Waals surface area contributed by atoms with Gasteiger partial charge in [0.25, 0.3) is 0 Å². The van der Waals surface area contributed by atoms with Gasteiger partial charge in [0.15, 0.2) is 0 Å². The van der Waals surface area contributed by atoms with E-state index in [0.717, 1.165) is 42.7 Å². The first kappa shape index (κ1) is 14.1. The molecule has 2 aromatic heterocycles. The number of hydrogen-bond donors (Lipinski definition) is 1. The second-order valence-electron chi connectivity index (χ2n) is 5.59. The first-order valence-corrected chi connectivity index (χ1v) is 7.59. The van der Waals surface area contributed by atoms with E-state index in [0.29, 0.717) is 11.9 Å². The van der Waals surface area contributed by atoms with Gasteiger partial charge in [0.1, 0.15) is 5.82 Å². The van der Waals surface area contributed by atoms with E-state index in [2.05, 4.69) is 10.1 Å². The Kier molecular flexibility index (Phi) is 4.20. The van der Waals surface area contributed by atoms with Gasteiger partial charge in [-0.1, -0.05) is 0 Å². The van der Waals surface area contributed by atoms with Crippen molar-refractivity contribution in [3.8, 4) is 11.1 Å². The first-order valence-electron chi connectivity index (χ1n) is 7.59. The molecule has 1 fully saturated rings. The molecule has 0 bridgehead atoms. The van der Waals surface area contributed by atoms with E-state index in [1.165, 1.54) is 12.8 Å². The zero-order valence-corrected chi connectivity index (χ0v) is 12.5. The van der Waals surface area contributed by atoms with Gasteiger partial charge < -0.3 is 10.5 Å². The summed E-state index contributed by atoms with van der Waals surface area (Å²) in [6.07, 6.45) is 9.47. The molecule has 0 spiro atoms. The van der Waals surface area contributed by atoms with Crippen LogP contribution in [0.3, 0.4) is 0 Å². The third kappa shape index (κ3) is 3.08. The molecule has 1 atom stereocenters. The highest BCUT2D eigenvalue weighted by molar-refractivity contribution is 5.76. The van der Waals surface area contributed by atoms with Crippen LogP contribution in [-0.4, -0.2) is 27.5 Å². The third-order valence-electron chi connectivity index (χ3n) is 4.11. The maximum absolute atomic E-state index is 6.19. The molecule has 1 unspecified atom stereocenters. The van der Waals surface area contributed by atoms with Gasteiger partial charge in [0.2, 0.25) is 0 Å². The largest absolute Gasteiger partial charge is 0.383 e. The van der Waals surface area contributed by atoms with Gasteiger partial charge in [0, 0.05) is 31.6 Å². The summed E-state index contributed by atoms with van der Waals surface area (Å²) in [7, 11) is 1.89. The van der Waals surface area contributed by atoms with Crippen LogP contribution in [0.1, 0.15) is 31.4 Å². The van der Waals surface area contributed by atoms with Crippen molar-refractivity contribution >= 4 is 5.82 Å². The predicted octanol–water partition coefficient (Wildman–Crippen LogP) is 2.57. The molecule has 1 saturated heterocycles. The molecule has 0 amide bonds. The Morgan fingerprint density at radius 1 is 1.33 bits per heavy atom. The van der Waals surface area contributed by atoms with Crippen molar-refractivity contribution < 1.29 is 4.74 Å². The second kappa shape index (κ2) is 6.26. The second-order valence-corrected chi connectivity index (χ2v) is 5.59. The van der Waals surface area contributed by atoms with Gasteiger partial charge in [-0.2, -0.15) is 5.10 Å². The number of nitrogens with two attached hydrogens (primary N) is 1. The van der Waals surface area contributed by atoms with E-state index in [-0.39, 0.29) is 0 Å². The van der Waals surface area contributed by atoms with E-state index in [4.69, 9.17) is 10.5 Å². The van der Waals surface area contributed by atoms with Crippen molar-refractivity contribution in [2.45, 2.75) is 38.2 Å². The number of ether oxygens (including phenoxy) is 1. The fourth-order valence-electron chi connectivity index (χ4n) is 2.94. The molecule has 0 radical (unpaired) electrons. The van der Waals surface area contributed by atoms with Crippen molar-refractivity contribution in [2.75, 3.05) is 12.3 Å². The molecule has 0 aromatic carbocycles. The number of hydrogen-bond acceptors (Lipinski definition) is 4. The minimum absolute atomic E-state index is 0.368. The van der Waals surface area contributed by atoms with Crippen LogP contribution in [0, 0.1) is 0 Å². The standard InChI is InChI=1S/C16H22N4O/c1-20-16(17)15(12-7-9-18-10-8-12)14(19-20)6-5-13-4-2-3-11-21-13/h7-10,13H,2-6,11,17H2,1H3. The molecule has 1 aliphatic heterocycles. The zero-order valence-electron chi connectivity index (χ0n) is 12.5. The highest BCUT2D eigenvalue weighted by Crippen LogP contribution is 2.30. The molecule has 21 heavy (non-hydrogen) atoms. The fraction of sp³-hybridized carbons (Fsp3) is 0.500. The van der Waals surface area contributed by atoms with Gasteiger partial charge in [-0.3, -0.25) is 9.67 Å². The van der Waals surface area contributed by atoms with Gasteiger partial charge in [-0.05, 0) is 49.8 Å². The number of aromatic nitrogens is 3. The topological polar surface area (TPSA) is 66.0 Å². The molecule has 3 heterocycles. The van der Waals surface area contributed by atoms with Crippen molar-refractivity contribution in [3.05, 3.63) is 30.2 Å². The van der Waals surface area contributed by atoms with Gasteiger partial charge in [-0.25, -0.2) is 0 Å². The molecule has 2 N–H and O–H groups in total. The van der Waals surface area contributed by atoms with E-state index in [9.17, 15) is 0 Å². The summed E-state index contributed by atoms with van der Waals surface area (Å²) < 4.78 is 7.56. The lowest BCUT2D eigenvalue weighted by atomic mass is 10.00. The normalized spacial score (nSPS) is 18.8. The molecule has 0 saturated carbocycles. The molecule has 5 heteroatoms. The molecular weight excluding hydrogens is 264 g/mol. The number of aryl methyl sites for hydroxylation is 2. The minimum atomic E-state index is 0.368. The number of nitrogens with zero attached hydrogens (tertiary/aromatic N) is 3. The lowest BCUT2D eigenvalue weighted by Crippen LogP contribution is -2.19. The summed E-state index contributed by atoms with van der Waals surface area (Å²) >= 11 is 0. The van der Waals surface area contributed by atoms with Crippen LogP contribution in [0.5, 0.6) is 0 Å². The minimum Gasteiger partial charge on any atom is -0.383 e. The van der Waals surface area contributed by atoms with E-state index in [1.54, 1.807) is 17.1 Å². The molecular formula is C16H22N4O. The van der Waals surface area contributed by atoms with Gasteiger partial charge in [-0.15, -0.1) is 0 Å². The summed E-state index contributed by atoms with van der Waals surface area (Å²) in [5, 5.41) is 4.59.